The molecule has 2 rings (SSSR count). The number of hydrogen-bond donors (Lipinski definition) is 1. The zero-order valence-electron chi connectivity index (χ0n) is 11.6. The summed E-state index contributed by atoms with van der Waals surface area (Å²) in [4.78, 5) is 2.46. The normalized spacial score (nSPS) is 19.6. The molecule has 0 aromatic heterocycles. The molecule has 1 atom stereocenters. The highest BCUT2D eigenvalue weighted by Crippen LogP contribution is 2.17. The quantitative estimate of drug-likeness (QED) is 0.895. The van der Waals surface area contributed by atoms with Crippen LogP contribution in [0.3, 0.4) is 0 Å². The van der Waals surface area contributed by atoms with Gasteiger partial charge in [0.1, 0.15) is 18.1 Å². The summed E-state index contributed by atoms with van der Waals surface area (Å²) in [6.07, 6.45) is 0. The van der Waals surface area contributed by atoms with E-state index in [9.17, 15) is 0 Å². The molecular formula is C14H23ClN2O2. The fraction of sp³-hybridized carbons (Fsp3) is 0.571. The molecule has 0 unspecified atom stereocenters. The molecule has 5 heteroatoms. The summed E-state index contributed by atoms with van der Waals surface area (Å²) in [5, 5.41) is 3.39. The van der Waals surface area contributed by atoms with E-state index in [1.165, 1.54) is 0 Å². The van der Waals surface area contributed by atoms with Gasteiger partial charge in [-0.3, -0.25) is 4.90 Å². The van der Waals surface area contributed by atoms with E-state index >= 15 is 0 Å². The van der Waals surface area contributed by atoms with Gasteiger partial charge in [0.2, 0.25) is 0 Å². The first-order chi connectivity index (χ1) is 8.79. The molecule has 1 aromatic carbocycles. The predicted octanol–water partition coefficient (Wildman–Crippen LogP) is 1.79. The number of rotatable bonds is 5. The third-order valence-electron chi connectivity index (χ3n) is 3.35. The Morgan fingerprint density at radius 3 is 2.58 bits per heavy atom. The van der Waals surface area contributed by atoms with Crippen molar-refractivity contribution in [3.8, 4) is 11.5 Å². The molecule has 0 spiro atoms. The molecule has 1 heterocycles. The smallest absolute Gasteiger partial charge is 0.119 e. The van der Waals surface area contributed by atoms with Crippen molar-refractivity contribution in [1.82, 2.24) is 10.2 Å². The lowest BCUT2D eigenvalue weighted by Gasteiger charge is -2.33. The second-order valence-corrected chi connectivity index (χ2v) is 4.61. The predicted molar refractivity (Wildman–Crippen MR) is 79.6 cm³/mol. The van der Waals surface area contributed by atoms with Crippen LogP contribution in [0.1, 0.15) is 6.92 Å². The van der Waals surface area contributed by atoms with Gasteiger partial charge in [0.25, 0.3) is 0 Å². The average Bonchev–Trinajstić information content (AvgIpc) is 2.42. The zero-order valence-corrected chi connectivity index (χ0v) is 12.4. The first kappa shape index (κ1) is 16.1. The molecular weight excluding hydrogens is 264 g/mol. The van der Waals surface area contributed by atoms with Crippen molar-refractivity contribution in [3.63, 3.8) is 0 Å². The van der Waals surface area contributed by atoms with Crippen molar-refractivity contribution in [2.45, 2.75) is 13.0 Å². The highest BCUT2D eigenvalue weighted by atomic mass is 35.5. The van der Waals surface area contributed by atoms with E-state index in [4.69, 9.17) is 9.47 Å². The first-order valence-electron chi connectivity index (χ1n) is 6.51. The fourth-order valence-corrected chi connectivity index (χ4v) is 2.17. The van der Waals surface area contributed by atoms with Crippen molar-refractivity contribution in [2.24, 2.45) is 0 Å². The van der Waals surface area contributed by atoms with Gasteiger partial charge in [0, 0.05) is 32.2 Å². The van der Waals surface area contributed by atoms with E-state index < -0.39 is 0 Å². The SMILES string of the molecule is COc1ccc(OCCN2CCNC[C@@H]2C)cc1.Cl. The molecule has 0 bridgehead atoms. The summed E-state index contributed by atoms with van der Waals surface area (Å²) >= 11 is 0. The van der Waals surface area contributed by atoms with E-state index in [0.29, 0.717) is 6.04 Å². The van der Waals surface area contributed by atoms with Crippen LogP contribution in [0.2, 0.25) is 0 Å². The largest absolute Gasteiger partial charge is 0.497 e. The maximum atomic E-state index is 5.74. The van der Waals surface area contributed by atoms with Crippen molar-refractivity contribution in [3.05, 3.63) is 24.3 Å². The van der Waals surface area contributed by atoms with E-state index in [1.54, 1.807) is 7.11 Å². The van der Waals surface area contributed by atoms with Crippen LogP contribution in [0.15, 0.2) is 24.3 Å². The topological polar surface area (TPSA) is 33.7 Å². The zero-order chi connectivity index (χ0) is 12.8. The molecule has 4 nitrogen and oxygen atoms in total. The Morgan fingerprint density at radius 2 is 1.95 bits per heavy atom. The van der Waals surface area contributed by atoms with E-state index in [2.05, 4.69) is 17.1 Å². The van der Waals surface area contributed by atoms with Gasteiger partial charge >= 0.3 is 0 Å². The molecule has 1 aromatic rings. The summed E-state index contributed by atoms with van der Waals surface area (Å²) < 4.78 is 10.9. The molecule has 0 amide bonds. The van der Waals surface area contributed by atoms with Gasteiger partial charge in [-0.2, -0.15) is 0 Å². The number of ether oxygens (including phenoxy) is 2. The monoisotopic (exact) mass is 286 g/mol. The lowest BCUT2D eigenvalue weighted by Crippen LogP contribution is -2.50. The summed E-state index contributed by atoms with van der Waals surface area (Å²) in [6, 6.07) is 8.32. The van der Waals surface area contributed by atoms with Crippen LogP contribution in [0.4, 0.5) is 0 Å². The van der Waals surface area contributed by atoms with Crippen molar-refractivity contribution in [2.75, 3.05) is 39.9 Å². The Labute approximate surface area is 121 Å². The minimum absolute atomic E-state index is 0. The number of halogens is 1. The molecule has 1 N–H and O–H groups in total. The van der Waals surface area contributed by atoms with Gasteiger partial charge in [-0.25, -0.2) is 0 Å². The minimum atomic E-state index is 0. The number of hydrogen-bond acceptors (Lipinski definition) is 4. The molecule has 19 heavy (non-hydrogen) atoms. The molecule has 108 valence electrons. The van der Waals surface area contributed by atoms with Crippen molar-refractivity contribution < 1.29 is 9.47 Å². The Morgan fingerprint density at radius 1 is 1.26 bits per heavy atom. The van der Waals surface area contributed by atoms with Crippen LogP contribution in [-0.4, -0.2) is 50.8 Å². The molecule has 0 saturated carbocycles. The molecule has 1 aliphatic rings. The van der Waals surface area contributed by atoms with Gasteiger partial charge < -0.3 is 14.8 Å². The minimum Gasteiger partial charge on any atom is -0.497 e. The van der Waals surface area contributed by atoms with Crippen LogP contribution < -0.4 is 14.8 Å². The van der Waals surface area contributed by atoms with Gasteiger partial charge in [0.05, 0.1) is 7.11 Å². The third-order valence-corrected chi connectivity index (χ3v) is 3.35. The number of benzene rings is 1. The van der Waals surface area contributed by atoms with Crippen LogP contribution in [-0.2, 0) is 0 Å². The van der Waals surface area contributed by atoms with Crippen LogP contribution >= 0.6 is 12.4 Å². The van der Waals surface area contributed by atoms with Gasteiger partial charge in [-0.05, 0) is 31.2 Å². The highest BCUT2D eigenvalue weighted by Gasteiger charge is 2.16. The second kappa shape index (κ2) is 8.25. The second-order valence-electron chi connectivity index (χ2n) is 4.61. The fourth-order valence-electron chi connectivity index (χ4n) is 2.17. The highest BCUT2D eigenvalue weighted by molar-refractivity contribution is 5.85. The summed E-state index contributed by atoms with van der Waals surface area (Å²) in [7, 11) is 1.67. The third kappa shape index (κ3) is 4.90. The lowest BCUT2D eigenvalue weighted by molar-refractivity contribution is 0.143. The summed E-state index contributed by atoms with van der Waals surface area (Å²) in [5.41, 5.74) is 0. The van der Waals surface area contributed by atoms with Crippen LogP contribution in [0.5, 0.6) is 11.5 Å². The maximum absolute atomic E-state index is 5.74. The van der Waals surface area contributed by atoms with E-state index in [0.717, 1.165) is 44.3 Å². The first-order valence-corrected chi connectivity index (χ1v) is 6.51. The molecule has 1 aliphatic heterocycles. The lowest BCUT2D eigenvalue weighted by atomic mass is 10.2. The van der Waals surface area contributed by atoms with Gasteiger partial charge in [-0.1, -0.05) is 0 Å². The number of nitrogens with one attached hydrogen (secondary N) is 1. The molecule has 0 radical (unpaired) electrons. The molecule has 0 aliphatic carbocycles. The van der Waals surface area contributed by atoms with Crippen molar-refractivity contribution >= 4 is 12.4 Å². The van der Waals surface area contributed by atoms with Crippen molar-refractivity contribution in [1.29, 1.82) is 0 Å². The van der Waals surface area contributed by atoms with E-state index in [-0.39, 0.29) is 12.4 Å². The standard InChI is InChI=1S/C14H22N2O2.ClH/c1-12-11-15-7-8-16(12)9-10-18-14-5-3-13(17-2)4-6-14;/h3-6,12,15H,7-11H2,1-2H3;1H/t12-;/m0./s1. The maximum Gasteiger partial charge on any atom is 0.119 e. The molecule has 1 fully saturated rings. The Balaban J connectivity index is 0.00000180. The Hall–Kier alpha value is -0.970. The summed E-state index contributed by atoms with van der Waals surface area (Å²) in [6.45, 7) is 7.22. The average molecular weight is 287 g/mol. The van der Waals surface area contributed by atoms with Crippen LogP contribution in [0.25, 0.3) is 0 Å². The van der Waals surface area contributed by atoms with E-state index in [1.807, 2.05) is 24.3 Å². The summed E-state index contributed by atoms with van der Waals surface area (Å²) in [5.74, 6) is 1.76. The Kier molecular flexibility index (Phi) is 6.99. The molecule has 1 saturated heterocycles. The van der Waals surface area contributed by atoms with Crippen LogP contribution in [0, 0.1) is 0 Å². The Bertz CT molecular complexity index is 359. The number of nitrogens with zero attached hydrogens (tertiary/aromatic N) is 1. The number of piperazine rings is 1. The van der Waals surface area contributed by atoms with Gasteiger partial charge in [0.15, 0.2) is 0 Å². The number of methoxy groups -OCH3 is 1. The van der Waals surface area contributed by atoms with Gasteiger partial charge in [-0.15, -0.1) is 12.4 Å².